The van der Waals surface area contributed by atoms with E-state index >= 15 is 0 Å². The normalized spacial score (nSPS) is 14.5. The van der Waals surface area contributed by atoms with Crippen molar-refractivity contribution in [2.24, 2.45) is 0 Å². The fraction of sp³-hybridized carbons (Fsp3) is 0. The van der Waals surface area contributed by atoms with Gasteiger partial charge in [0.05, 0.1) is 22.1 Å². The van der Waals surface area contributed by atoms with Crippen LogP contribution >= 0.6 is 0 Å². The summed E-state index contributed by atoms with van der Waals surface area (Å²) < 4.78 is 12.9. The largest absolute Gasteiger partial charge is 0.289 e. The third-order valence-electron chi connectivity index (χ3n) is 2.20. The van der Waals surface area contributed by atoms with Gasteiger partial charge in [-0.15, -0.1) is 0 Å². The fourth-order valence-electron chi connectivity index (χ4n) is 1.50. The molecule has 1 N–H and O–H groups in total. The molecule has 1 aliphatic rings. The van der Waals surface area contributed by atoms with E-state index in [0.29, 0.717) is 6.07 Å². The van der Waals surface area contributed by atoms with Gasteiger partial charge in [0.2, 0.25) is 0 Å². The lowest BCUT2D eigenvalue weighted by atomic mass is 10.0. The number of rotatable bonds is 2. The Labute approximate surface area is 93.9 Å². The summed E-state index contributed by atoms with van der Waals surface area (Å²) in [6, 6.07) is 2.78. The second-order valence-corrected chi connectivity index (χ2v) is 3.29. The average molecular weight is 236 g/mol. The van der Waals surface area contributed by atoms with Crippen LogP contribution < -0.4 is 5.32 Å². The van der Waals surface area contributed by atoms with E-state index in [1.807, 2.05) is 5.32 Å². The van der Waals surface area contributed by atoms with Gasteiger partial charge in [-0.1, -0.05) is 0 Å². The summed E-state index contributed by atoms with van der Waals surface area (Å²) in [6.45, 7) is 0. The van der Waals surface area contributed by atoms with Crippen molar-refractivity contribution in [3.05, 3.63) is 45.8 Å². The lowest BCUT2D eigenvalue weighted by Gasteiger charge is -2.01. The molecule has 1 aliphatic heterocycles. The number of carbonyl (C=O) groups is 2. The van der Waals surface area contributed by atoms with Gasteiger partial charge in [-0.2, -0.15) is 0 Å². The maximum atomic E-state index is 12.9. The number of halogens is 1. The number of benzene rings is 1. The topological polar surface area (TPSA) is 89.3 Å². The molecule has 0 fully saturated rings. The van der Waals surface area contributed by atoms with Gasteiger partial charge in [-0.25, -0.2) is 4.39 Å². The molecule has 0 spiro atoms. The van der Waals surface area contributed by atoms with E-state index in [4.69, 9.17) is 0 Å². The van der Waals surface area contributed by atoms with Crippen molar-refractivity contribution in [2.45, 2.75) is 0 Å². The minimum Gasteiger partial charge on any atom is -0.289 e. The molecule has 0 atom stereocenters. The third-order valence-corrected chi connectivity index (χ3v) is 2.20. The van der Waals surface area contributed by atoms with Gasteiger partial charge in [-0.05, 0) is 12.1 Å². The Bertz CT molecular complexity index is 580. The molecule has 2 amide bonds. The number of carbonyl (C=O) groups excluding carboxylic acids is 2. The lowest BCUT2D eigenvalue weighted by molar-refractivity contribution is -0.385. The van der Waals surface area contributed by atoms with Crippen LogP contribution in [0.4, 0.5) is 10.1 Å². The number of nitrogens with one attached hydrogen (secondary N) is 1. The predicted molar refractivity (Wildman–Crippen MR) is 54.2 cm³/mol. The number of nitro benzene ring substituents is 1. The molecule has 1 aromatic rings. The van der Waals surface area contributed by atoms with Gasteiger partial charge in [0.1, 0.15) is 5.82 Å². The van der Waals surface area contributed by atoms with Crippen LogP contribution in [0.3, 0.4) is 0 Å². The van der Waals surface area contributed by atoms with Crippen molar-refractivity contribution in [1.82, 2.24) is 5.32 Å². The molecule has 1 aromatic carbocycles. The predicted octanol–water partition coefficient (Wildman–Crippen LogP) is 0.774. The van der Waals surface area contributed by atoms with Crippen LogP contribution in [-0.4, -0.2) is 16.7 Å². The van der Waals surface area contributed by atoms with E-state index in [-0.39, 0.29) is 11.1 Å². The zero-order valence-corrected chi connectivity index (χ0v) is 8.27. The Morgan fingerprint density at radius 2 is 2.00 bits per heavy atom. The summed E-state index contributed by atoms with van der Waals surface area (Å²) in [7, 11) is 0. The van der Waals surface area contributed by atoms with Crippen LogP contribution in [0.1, 0.15) is 5.56 Å². The van der Waals surface area contributed by atoms with Crippen LogP contribution in [0.5, 0.6) is 0 Å². The molecule has 0 aromatic heterocycles. The molecule has 1 heterocycles. The first kappa shape index (κ1) is 10.9. The molecule has 0 unspecified atom stereocenters. The third kappa shape index (κ3) is 1.89. The highest BCUT2D eigenvalue weighted by Crippen LogP contribution is 2.28. The number of imide groups is 1. The molecule has 0 saturated carbocycles. The zero-order chi connectivity index (χ0) is 12.6. The molecule has 7 heteroatoms. The SMILES string of the molecule is O=C1C=C(c2ccc(F)cc2[N+](=O)[O-])C(=O)N1. The zero-order valence-electron chi connectivity index (χ0n) is 8.27. The monoisotopic (exact) mass is 236 g/mol. The van der Waals surface area contributed by atoms with Crippen LogP contribution in [0.25, 0.3) is 5.57 Å². The van der Waals surface area contributed by atoms with Crippen molar-refractivity contribution in [3.8, 4) is 0 Å². The minimum absolute atomic E-state index is 0.0836. The van der Waals surface area contributed by atoms with Gasteiger partial charge in [0, 0.05) is 6.08 Å². The maximum absolute atomic E-state index is 12.9. The smallest absolute Gasteiger partial charge is 0.280 e. The molecule has 2 rings (SSSR count). The molecule has 0 saturated heterocycles. The molecule has 6 nitrogen and oxygen atoms in total. The number of amides is 2. The van der Waals surface area contributed by atoms with Crippen molar-refractivity contribution in [3.63, 3.8) is 0 Å². The quantitative estimate of drug-likeness (QED) is 0.466. The van der Waals surface area contributed by atoms with E-state index in [0.717, 1.165) is 18.2 Å². The summed E-state index contributed by atoms with van der Waals surface area (Å²) in [5, 5.41) is 12.7. The Hall–Kier alpha value is -2.57. The minimum atomic E-state index is -0.810. The van der Waals surface area contributed by atoms with Gasteiger partial charge in [0.15, 0.2) is 0 Å². The van der Waals surface area contributed by atoms with Crippen LogP contribution in [-0.2, 0) is 9.59 Å². The van der Waals surface area contributed by atoms with E-state index in [9.17, 15) is 24.1 Å². The number of hydrogen-bond donors (Lipinski definition) is 1. The molecular weight excluding hydrogens is 231 g/mol. The average Bonchev–Trinajstić information content (AvgIpc) is 2.57. The van der Waals surface area contributed by atoms with Crippen molar-refractivity contribution in [1.29, 1.82) is 0 Å². The number of nitro groups is 1. The van der Waals surface area contributed by atoms with Crippen LogP contribution in [0.15, 0.2) is 24.3 Å². The summed E-state index contributed by atoms with van der Waals surface area (Å²) in [4.78, 5) is 32.2. The van der Waals surface area contributed by atoms with Gasteiger partial charge < -0.3 is 0 Å². The Morgan fingerprint density at radius 3 is 2.53 bits per heavy atom. The van der Waals surface area contributed by atoms with E-state index in [2.05, 4.69) is 0 Å². The van der Waals surface area contributed by atoms with Crippen LogP contribution in [0, 0.1) is 15.9 Å². The maximum Gasteiger partial charge on any atom is 0.280 e. The summed E-state index contributed by atoms with van der Waals surface area (Å²) >= 11 is 0. The lowest BCUT2D eigenvalue weighted by Crippen LogP contribution is -2.21. The van der Waals surface area contributed by atoms with Crippen LogP contribution in [0.2, 0.25) is 0 Å². The van der Waals surface area contributed by atoms with Crippen molar-refractivity contribution < 1.29 is 18.9 Å². The van der Waals surface area contributed by atoms with Crippen molar-refractivity contribution in [2.75, 3.05) is 0 Å². The van der Waals surface area contributed by atoms with E-state index < -0.39 is 28.2 Å². The summed E-state index contributed by atoms with van der Waals surface area (Å²) in [5.41, 5.74) is -0.775. The molecule has 0 aliphatic carbocycles. The fourth-order valence-corrected chi connectivity index (χ4v) is 1.50. The highest BCUT2D eigenvalue weighted by atomic mass is 19.1. The van der Waals surface area contributed by atoms with E-state index in [1.54, 1.807) is 0 Å². The van der Waals surface area contributed by atoms with Gasteiger partial charge >= 0.3 is 0 Å². The molecule has 0 bridgehead atoms. The molecule has 86 valence electrons. The standard InChI is InChI=1S/C10H5FN2O4/c11-5-1-2-6(8(3-5)13(16)17)7-4-9(14)12-10(7)15/h1-4H,(H,12,14,15). The first-order valence-electron chi connectivity index (χ1n) is 4.50. The number of hydrogen-bond acceptors (Lipinski definition) is 4. The van der Waals surface area contributed by atoms with Gasteiger partial charge in [0.25, 0.3) is 17.5 Å². The second-order valence-electron chi connectivity index (χ2n) is 3.29. The molecule has 0 radical (unpaired) electrons. The van der Waals surface area contributed by atoms with E-state index in [1.165, 1.54) is 0 Å². The van der Waals surface area contributed by atoms with Gasteiger partial charge in [-0.3, -0.25) is 25.0 Å². The Balaban J connectivity index is 2.60. The van der Waals surface area contributed by atoms with Crippen molar-refractivity contribution >= 4 is 23.1 Å². The highest BCUT2D eigenvalue weighted by molar-refractivity contribution is 6.34. The summed E-state index contributed by atoms with van der Waals surface area (Å²) in [5.74, 6) is -2.17. The second kappa shape index (κ2) is 3.78. The molecular formula is C10H5FN2O4. The first-order chi connectivity index (χ1) is 7.99. The summed E-state index contributed by atoms with van der Waals surface area (Å²) in [6.07, 6.45) is 0.947. The highest BCUT2D eigenvalue weighted by Gasteiger charge is 2.28. The molecule has 17 heavy (non-hydrogen) atoms. The number of nitrogens with zero attached hydrogens (tertiary/aromatic N) is 1. The Kier molecular flexibility index (Phi) is 2.43. The Morgan fingerprint density at radius 1 is 1.29 bits per heavy atom. The first-order valence-corrected chi connectivity index (χ1v) is 4.50.